The SMILES string of the molecule is NN(C(=O)CCCl)c1nncc(-c2ccc(Cl)cc2)n1. The first-order valence-electron chi connectivity index (χ1n) is 5.71. The second-order valence-corrected chi connectivity index (χ2v) is 4.67. The van der Waals surface area contributed by atoms with Gasteiger partial charge in [0.05, 0.1) is 11.9 Å². The molecule has 1 amide bonds. The number of anilines is 1. The molecule has 0 bridgehead atoms. The van der Waals surface area contributed by atoms with Gasteiger partial charge in [0.25, 0.3) is 5.95 Å². The minimum atomic E-state index is -0.380. The van der Waals surface area contributed by atoms with E-state index in [1.807, 2.05) is 0 Å². The van der Waals surface area contributed by atoms with Gasteiger partial charge in [-0.15, -0.1) is 16.7 Å². The van der Waals surface area contributed by atoms with Crippen molar-refractivity contribution < 1.29 is 4.79 Å². The maximum Gasteiger partial charge on any atom is 0.267 e. The highest BCUT2D eigenvalue weighted by molar-refractivity contribution is 6.30. The van der Waals surface area contributed by atoms with Crippen LogP contribution in [0.2, 0.25) is 5.02 Å². The van der Waals surface area contributed by atoms with E-state index in [9.17, 15) is 4.79 Å². The number of nitrogens with zero attached hydrogens (tertiary/aromatic N) is 4. The maximum atomic E-state index is 11.6. The highest BCUT2D eigenvalue weighted by Crippen LogP contribution is 2.19. The van der Waals surface area contributed by atoms with Crippen LogP contribution in [0.4, 0.5) is 5.95 Å². The molecule has 0 saturated heterocycles. The van der Waals surface area contributed by atoms with E-state index in [0.29, 0.717) is 10.7 Å². The van der Waals surface area contributed by atoms with E-state index in [4.69, 9.17) is 29.0 Å². The molecule has 2 rings (SSSR count). The fourth-order valence-electron chi connectivity index (χ4n) is 1.47. The standard InChI is InChI=1S/C12H11Cl2N5O/c13-6-5-11(20)19(15)12-17-10(7-16-18-12)8-1-3-9(14)4-2-8/h1-4,7H,5-6,15H2. The molecule has 1 aromatic heterocycles. The van der Waals surface area contributed by atoms with Gasteiger partial charge in [-0.3, -0.25) is 4.79 Å². The van der Waals surface area contributed by atoms with Crippen molar-refractivity contribution in [2.45, 2.75) is 6.42 Å². The lowest BCUT2D eigenvalue weighted by molar-refractivity contribution is -0.118. The van der Waals surface area contributed by atoms with E-state index in [1.165, 1.54) is 6.20 Å². The van der Waals surface area contributed by atoms with Gasteiger partial charge in [0, 0.05) is 22.9 Å². The van der Waals surface area contributed by atoms with Crippen LogP contribution in [0, 0.1) is 0 Å². The van der Waals surface area contributed by atoms with Gasteiger partial charge in [-0.2, -0.15) is 5.10 Å². The molecule has 0 radical (unpaired) electrons. The molecule has 0 atom stereocenters. The third kappa shape index (κ3) is 3.41. The Balaban J connectivity index is 2.28. The predicted molar refractivity (Wildman–Crippen MR) is 77.3 cm³/mol. The first kappa shape index (κ1) is 14.6. The molecule has 0 unspecified atom stereocenters. The Morgan fingerprint density at radius 1 is 1.30 bits per heavy atom. The van der Waals surface area contributed by atoms with E-state index < -0.39 is 0 Å². The summed E-state index contributed by atoms with van der Waals surface area (Å²) >= 11 is 11.3. The smallest absolute Gasteiger partial charge is 0.267 e. The molecular weight excluding hydrogens is 301 g/mol. The summed E-state index contributed by atoms with van der Waals surface area (Å²) in [5.41, 5.74) is 1.34. The van der Waals surface area contributed by atoms with Gasteiger partial charge >= 0.3 is 0 Å². The Morgan fingerprint density at radius 3 is 2.65 bits per heavy atom. The zero-order chi connectivity index (χ0) is 14.5. The Bertz CT molecular complexity index is 605. The zero-order valence-electron chi connectivity index (χ0n) is 10.3. The Labute approximate surface area is 125 Å². The molecule has 0 fully saturated rings. The van der Waals surface area contributed by atoms with E-state index >= 15 is 0 Å². The lowest BCUT2D eigenvalue weighted by atomic mass is 10.2. The van der Waals surface area contributed by atoms with Crippen molar-refractivity contribution in [3.63, 3.8) is 0 Å². The highest BCUT2D eigenvalue weighted by Gasteiger charge is 2.15. The first-order chi connectivity index (χ1) is 9.61. The number of nitrogens with two attached hydrogens (primary N) is 1. The lowest BCUT2D eigenvalue weighted by Crippen LogP contribution is -2.39. The fraction of sp³-hybridized carbons (Fsp3) is 0.167. The largest absolute Gasteiger partial charge is 0.273 e. The summed E-state index contributed by atoms with van der Waals surface area (Å²) in [5, 5.41) is 8.99. The van der Waals surface area contributed by atoms with Crippen molar-refractivity contribution in [2.75, 3.05) is 10.9 Å². The van der Waals surface area contributed by atoms with Crippen molar-refractivity contribution in [3.8, 4) is 11.3 Å². The van der Waals surface area contributed by atoms with Gasteiger partial charge in [0.2, 0.25) is 5.91 Å². The van der Waals surface area contributed by atoms with Crippen LogP contribution in [0.15, 0.2) is 30.5 Å². The zero-order valence-corrected chi connectivity index (χ0v) is 11.8. The van der Waals surface area contributed by atoms with E-state index in [0.717, 1.165) is 10.6 Å². The van der Waals surface area contributed by atoms with Gasteiger partial charge in [0.1, 0.15) is 0 Å². The molecule has 20 heavy (non-hydrogen) atoms. The summed E-state index contributed by atoms with van der Waals surface area (Å²) in [7, 11) is 0. The third-order valence-electron chi connectivity index (χ3n) is 2.48. The monoisotopic (exact) mass is 311 g/mol. The number of carbonyl (C=O) groups is 1. The summed E-state index contributed by atoms with van der Waals surface area (Å²) in [6, 6.07) is 7.05. The molecule has 0 aliphatic rings. The number of aromatic nitrogens is 3. The van der Waals surface area contributed by atoms with Crippen LogP contribution >= 0.6 is 23.2 Å². The average Bonchev–Trinajstić information content (AvgIpc) is 2.47. The van der Waals surface area contributed by atoms with Crippen LogP contribution < -0.4 is 10.9 Å². The molecule has 0 saturated carbocycles. The Hall–Kier alpha value is -1.76. The molecule has 1 heterocycles. The molecule has 2 aromatic rings. The molecular formula is C12H11Cl2N5O. The number of hydrazine groups is 1. The molecule has 6 nitrogen and oxygen atoms in total. The normalized spacial score (nSPS) is 10.3. The number of hydrogen-bond donors (Lipinski definition) is 1. The van der Waals surface area contributed by atoms with Crippen LogP contribution in [0.3, 0.4) is 0 Å². The topological polar surface area (TPSA) is 85.0 Å². The number of rotatable bonds is 4. The van der Waals surface area contributed by atoms with Crippen molar-refractivity contribution >= 4 is 35.1 Å². The lowest BCUT2D eigenvalue weighted by Gasteiger charge is -2.13. The summed E-state index contributed by atoms with van der Waals surface area (Å²) in [5.74, 6) is 5.45. The number of alkyl halides is 1. The molecule has 104 valence electrons. The quantitative estimate of drug-likeness (QED) is 0.404. The molecule has 0 aliphatic heterocycles. The second-order valence-electron chi connectivity index (χ2n) is 3.85. The van der Waals surface area contributed by atoms with E-state index in [2.05, 4.69) is 15.2 Å². The predicted octanol–water partition coefficient (Wildman–Crippen LogP) is 2.03. The number of benzene rings is 1. The summed E-state index contributed by atoms with van der Waals surface area (Å²) in [6.07, 6.45) is 1.58. The maximum absolute atomic E-state index is 11.6. The third-order valence-corrected chi connectivity index (χ3v) is 2.92. The molecule has 1 aromatic carbocycles. The molecule has 8 heteroatoms. The summed E-state index contributed by atoms with van der Waals surface area (Å²) < 4.78 is 0. The van der Waals surface area contributed by atoms with Crippen molar-refractivity contribution in [1.29, 1.82) is 0 Å². The highest BCUT2D eigenvalue weighted by atomic mass is 35.5. The second kappa shape index (κ2) is 6.60. The van der Waals surface area contributed by atoms with Gasteiger partial charge in [-0.25, -0.2) is 15.8 Å². The minimum Gasteiger partial charge on any atom is -0.273 e. The van der Waals surface area contributed by atoms with Crippen LogP contribution in [0.5, 0.6) is 0 Å². The number of amides is 1. The summed E-state index contributed by atoms with van der Waals surface area (Å²) in [6.45, 7) is 0. The van der Waals surface area contributed by atoms with Gasteiger partial charge in [-0.05, 0) is 12.1 Å². The molecule has 0 spiro atoms. The summed E-state index contributed by atoms with van der Waals surface area (Å²) in [4.78, 5) is 15.8. The van der Waals surface area contributed by atoms with Gasteiger partial charge in [-0.1, -0.05) is 23.7 Å². The number of hydrogen-bond acceptors (Lipinski definition) is 5. The van der Waals surface area contributed by atoms with E-state index in [1.54, 1.807) is 24.3 Å². The van der Waals surface area contributed by atoms with Gasteiger partial charge < -0.3 is 0 Å². The first-order valence-corrected chi connectivity index (χ1v) is 6.62. The van der Waals surface area contributed by atoms with Crippen LogP contribution in [0.25, 0.3) is 11.3 Å². The number of carbonyl (C=O) groups excluding carboxylic acids is 1. The van der Waals surface area contributed by atoms with E-state index in [-0.39, 0.29) is 24.2 Å². The van der Waals surface area contributed by atoms with Crippen molar-refractivity contribution in [2.24, 2.45) is 5.84 Å². The van der Waals surface area contributed by atoms with Crippen LogP contribution in [-0.2, 0) is 4.79 Å². The Morgan fingerprint density at radius 2 is 2.00 bits per heavy atom. The molecule has 2 N–H and O–H groups in total. The minimum absolute atomic E-state index is 0.0209. The average molecular weight is 312 g/mol. The fourth-order valence-corrected chi connectivity index (χ4v) is 1.76. The van der Waals surface area contributed by atoms with Crippen molar-refractivity contribution in [3.05, 3.63) is 35.5 Å². The molecule has 0 aliphatic carbocycles. The Kier molecular flexibility index (Phi) is 4.84. The van der Waals surface area contributed by atoms with Crippen LogP contribution in [-0.4, -0.2) is 27.0 Å². The van der Waals surface area contributed by atoms with Gasteiger partial charge in [0.15, 0.2) is 0 Å². The van der Waals surface area contributed by atoms with Crippen molar-refractivity contribution in [1.82, 2.24) is 15.2 Å². The van der Waals surface area contributed by atoms with Crippen LogP contribution in [0.1, 0.15) is 6.42 Å². The number of halogens is 2.